The molecule has 0 unspecified atom stereocenters. The maximum Gasteiger partial charge on any atom is 0.311 e. The van der Waals surface area contributed by atoms with Gasteiger partial charge in [0.15, 0.2) is 5.16 Å². The van der Waals surface area contributed by atoms with Crippen molar-refractivity contribution in [2.24, 2.45) is 0 Å². The third-order valence-electron chi connectivity index (χ3n) is 3.47. The zero-order chi connectivity index (χ0) is 20.0. The summed E-state index contributed by atoms with van der Waals surface area (Å²) in [7, 11) is 1.22. The van der Waals surface area contributed by atoms with Gasteiger partial charge in [-0.05, 0) is 13.0 Å². The van der Waals surface area contributed by atoms with Gasteiger partial charge in [-0.25, -0.2) is 13.8 Å². The van der Waals surface area contributed by atoms with Crippen LogP contribution in [0.15, 0.2) is 34.2 Å². The molecule has 7 nitrogen and oxygen atoms in total. The number of methoxy groups -OCH3 is 1. The molecule has 0 aliphatic carbocycles. The maximum absolute atomic E-state index is 13.7. The molecule has 1 heterocycles. The molecule has 2 rings (SSSR count). The minimum atomic E-state index is -0.753. The number of H-pyrrole nitrogens is 1. The molecule has 2 N–H and O–H groups in total. The van der Waals surface area contributed by atoms with Gasteiger partial charge in [-0.2, -0.15) is 0 Å². The SMILES string of the molecule is COC(=O)Cc1cc(=O)[nH]c(SCC(=O)N[C@@H](C)c2ccc(F)cc2F)n1. The number of ether oxygens (including phenoxy) is 1. The van der Waals surface area contributed by atoms with Gasteiger partial charge in [0.2, 0.25) is 5.91 Å². The van der Waals surface area contributed by atoms with Crippen LogP contribution in [-0.4, -0.2) is 34.7 Å². The fourth-order valence-corrected chi connectivity index (χ4v) is 2.92. The van der Waals surface area contributed by atoms with Crippen molar-refractivity contribution in [2.45, 2.75) is 24.5 Å². The number of carbonyl (C=O) groups excluding carboxylic acids is 2. The molecule has 1 atom stereocenters. The lowest BCUT2D eigenvalue weighted by atomic mass is 10.1. The second-order valence-corrected chi connectivity index (χ2v) is 6.50. The lowest BCUT2D eigenvalue weighted by Gasteiger charge is -2.15. The number of hydrogen-bond acceptors (Lipinski definition) is 6. The summed E-state index contributed by atoms with van der Waals surface area (Å²) in [5.41, 5.74) is -0.0924. The van der Waals surface area contributed by atoms with E-state index >= 15 is 0 Å². The van der Waals surface area contributed by atoms with Crippen LogP contribution < -0.4 is 10.9 Å². The molecule has 0 aliphatic rings. The molecule has 0 saturated carbocycles. The van der Waals surface area contributed by atoms with Crippen molar-refractivity contribution < 1.29 is 23.1 Å². The first kappa shape index (κ1) is 20.6. The number of nitrogens with one attached hydrogen (secondary N) is 2. The lowest BCUT2D eigenvalue weighted by molar-refractivity contribution is -0.139. The van der Waals surface area contributed by atoms with E-state index in [2.05, 4.69) is 20.0 Å². The Morgan fingerprint density at radius 2 is 2.07 bits per heavy atom. The minimum absolute atomic E-state index is 0.0994. The number of aromatic amines is 1. The van der Waals surface area contributed by atoms with Crippen LogP contribution in [0.25, 0.3) is 0 Å². The number of amides is 1. The summed E-state index contributed by atoms with van der Waals surface area (Å²) in [6, 6.07) is 3.61. The predicted octanol–water partition coefficient (Wildman–Crippen LogP) is 1.73. The highest BCUT2D eigenvalue weighted by Crippen LogP contribution is 2.18. The Labute approximate surface area is 157 Å². The lowest BCUT2D eigenvalue weighted by Crippen LogP contribution is -2.29. The van der Waals surface area contributed by atoms with Crippen LogP contribution in [0.2, 0.25) is 0 Å². The van der Waals surface area contributed by atoms with E-state index in [1.54, 1.807) is 6.92 Å². The number of benzene rings is 1. The molecule has 0 bridgehead atoms. The van der Waals surface area contributed by atoms with Crippen LogP contribution in [0.4, 0.5) is 8.78 Å². The van der Waals surface area contributed by atoms with E-state index in [4.69, 9.17) is 0 Å². The Balaban J connectivity index is 1.97. The number of aromatic nitrogens is 2. The van der Waals surface area contributed by atoms with E-state index in [-0.39, 0.29) is 28.6 Å². The number of thioether (sulfide) groups is 1. The number of carbonyl (C=O) groups is 2. The van der Waals surface area contributed by atoms with Gasteiger partial charge >= 0.3 is 5.97 Å². The first-order valence-corrected chi connectivity index (χ1v) is 8.81. The predicted molar refractivity (Wildman–Crippen MR) is 94.2 cm³/mol. The van der Waals surface area contributed by atoms with Crippen LogP contribution in [0.1, 0.15) is 24.2 Å². The Bertz CT molecular complexity index is 904. The summed E-state index contributed by atoms with van der Waals surface area (Å²) in [5.74, 6) is -2.53. The molecule has 10 heteroatoms. The number of esters is 1. The van der Waals surface area contributed by atoms with Gasteiger partial charge in [0.1, 0.15) is 11.6 Å². The molecule has 0 fully saturated rings. The molecule has 0 spiro atoms. The van der Waals surface area contributed by atoms with Crippen LogP contribution in [0.5, 0.6) is 0 Å². The summed E-state index contributed by atoms with van der Waals surface area (Å²) >= 11 is 0.951. The van der Waals surface area contributed by atoms with Crippen molar-refractivity contribution in [1.29, 1.82) is 0 Å². The highest BCUT2D eigenvalue weighted by Gasteiger charge is 2.15. The first-order chi connectivity index (χ1) is 12.8. The number of halogens is 2. The molecule has 27 heavy (non-hydrogen) atoms. The molecule has 1 aromatic carbocycles. The number of hydrogen-bond donors (Lipinski definition) is 2. The van der Waals surface area contributed by atoms with Crippen LogP contribution in [-0.2, 0) is 20.7 Å². The van der Waals surface area contributed by atoms with Crippen LogP contribution >= 0.6 is 11.8 Å². The van der Waals surface area contributed by atoms with Crippen molar-refractivity contribution in [3.8, 4) is 0 Å². The second-order valence-electron chi connectivity index (χ2n) is 5.54. The monoisotopic (exact) mass is 397 g/mol. The maximum atomic E-state index is 13.7. The van der Waals surface area contributed by atoms with Crippen LogP contribution in [0, 0.1) is 11.6 Å². The highest BCUT2D eigenvalue weighted by molar-refractivity contribution is 7.99. The summed E-state index contributed by atoms with van der Waals surface area (Å²) in [4.78, 5) is 41.5. The van der Waals surface area contributed by atoms with E-state index in [0.717, 1.165) is 23.9 Å². The zero-order valence-electron chi connectivity index (χ0n) is 14.5. The van der Waals surface area contributed by atoms with Gasteiger partial charge < -0.3 is 15.0 Å². The molecule has 1 aromatic heterocycles. The summed E-state index contributed by atoms with van der Waals surface area (Å²) in [6.07, 6.45) is -0.166. The third kappa shape index (κ3) is 6.17. The summed E-state index contributed by atoms with van der Waals surface area (Å²) in [5, 5.41) is 2.75. The highest BCUT2D eigenvalue weighted by atomic mass is 32.2. The minimum Gasteiger partial charge on any atom is -0.469 e. The van der Waals surface area contributed by atoms with Crippen molar-refractivity contribution >= 4 is 23.6 Å². The molecule has 2 aromatic rings. The van der Waals surface area contributed by atoms with Gasteiger partial charge in [-0.3, -0.25) is 14.4 Å². The van der Waals surface area contributed by atoms with Gasteiger partial charge in [0.05, 0.1) is 31.0 Å². The third-order valence-corrected chi connectivity index (χ3v) is 4.35. The molecule has 0 aliphatic heterocycles. The molecule has 1 amide bonds. The van der Waals surface area contributed by atoms with Crippen molar-refractivity contribution in [2.75, 3.05) is 12.9 Å². The van der Waals surface area contributed by atoms with Gasteiger partial charge in [0.25, 0.3) is 5.56 Å². The molecule has 0 saturated heterocycles. The van der Waals surface area contributed by atoms with E-state index in [0.29, 0.717) is 0 Å². The number of nitrogens with zero attached hydrogens (tertiary/aromatic N) is 1. The molecular weight excluding hydrogens is 380 g/mol. The van der Waals surface area contributed by atoms with Gasteiger partial charge in [0, 0.05) is 17.7 Å². The molecule has 144 valence electrons. The largest absolute Gasteiger partial charge is 0.469 e. The molecular formula is C17H17F2N3O4S. The average Bonchev–Trinajstić information content (AvgIpc) is 2.59. The van der Waals surface area contributed by atoms with E-state index in [1.165, 1.54) is 19.2 Å². The summed E-state index contributed by atoms with van der Waals surface area (Å²) in [6.45, 7) is 1.57. The van der Waals surface area contributed by atoms with E-state index in [1.807, 2.05) is 0 Å². The van der Waals surface area contributed by atoms with E-state index in [9.17, 15) is 23.2 Å². The Morgan fingerprint density at radius 3 is 2.74 bits per heavy atom. The zero-order valence-corrected chi connectivity index (χ0v) is 15.4. The van der Waals surface area contributed by atoms with E-state index < -0.39 is 35.1 Å². The van der Waals surface area contributed by atoms with Gasteiger partial charge in [-0.15, -0.1) is 0 Å². The number of rotatable bonds is 7. The fourth-order valence-electron chi connectivity index (χ4n) is 2.21. The average molecular weight is 397 g/mol. The Morgan fingerprint density at radius 1 is 1.33 bits per heavy atom. The van der Waals surface area contributed by atoms with Crippen LogP contribution in [0.3, 0.4) is 0 Å². The van der Waals surface area contributed by atoms with Crippen molar-refractivity contribution in [1.82, 2.24) is 15.3 Å². The smallest absolute Gasteiger partial charge is 0.311 e. The quantitative estimate of drug-likeness (QED) is 0.419. The molecule has 0 radical (unpaired) electrons. The standard InChI is InChI=1S/C17H17F2N3O4S/c1-9(12-4-3-10(18)5-13(12)19)20-15(24)8-27-17-21-11(6-14(23)22-17)7-16(25)26-2/h3-6,9H,7-8H2,1-2H3,(H,20,24)(H,21,22,23)/t9-/m0/s1. The Hall–Kier alpha value is -2.75. The second kappa shape index (κ2) is 9.26. The van der Waals surface area contributed by atoms with Crippen molar-refractivity contribution in [3.63, 3.8) is 0 Å². The normalized spacial score (nSPS) is 11.7. The van der Waals surface area contributed by atoms with Gasteiger partial charge in [-0.1, -0.05) is 17.8 Å². The summed E-state index contributed by atoms with van der Waals surface area (Å²) < 4.78 is 31.2. The first-order valence-electron chi connectivity index (χ1n) is 7.82. The van der Waals surface area contributed by atoms with Crippen molar-refractivity contribution in [3.05, 3.63) is 57.5 Å². The topological polar surface area (TPSA) is 101 Å². The Kier molecular flexibility index (Phi) is 7.05. The fraction of sp³-hybridized carbons (Fsp3) is 0.294.